The predicted molar refractivity (Wildman–Crippen MR) is 70.5 cm³/mol. The molecule has 0 bridgehead atoms. The van der Waals surface area contributed by atoms with E-state index in [2.05, 4.69) is 10.3 Å². The van der Waals surface area contributed by atoms with E-state index in [9.17, 15) is 9.59 Å². The monoisotopic (exact) mass is 247 g/mol. The van der Waals surface area contributed by atoms with Crippen LogP contribution in [0.25, 0.3) is 11.0 Å². The zero-order chi connectivity index (χ0) is 13.2. The normalized spacial score (nSPS) is 11.7. The van der Waals surface area contributed by atoms with Crippen molar-refractivity contribution in [3.05, 3.63) is 34.7 Å². The molecule has 0 atom stereocenters. The maximum absolute atomic E-state index is 11.8. The number of carbonyl (C=O) groups is 1. The van der Waals surface area contributed by atoms with E-state index in [4.69, 9.17) is 0 Å². The number of H-pyrrole nitrogens is 1. The molecule has 0 saturated heterocycles. The number of hydrogen-bond acceptors (Lipinski definition) is 2. The lowest BCUT2D eigenvalue weighted by molar-refractivity contribution is -0.111. The van der Waals surface area contributed by atoms with E-state index < -0.39 is 0 Å². The minimum absolute atomic E-state index is 0.113. The van der Waals surface area contributed by atoms with E-state index in [-0.39, 0.29) is 11.2 Å². The third-order valence-electron chi connectivity index (χ3n) is 3.09. The molecule has 1 aromatic heterocycles. The van der Waals surface area contributed by atoms with E-state index in [0.29, 0.717) is 19.4 Å². The molecular formula is C13H17N3O2. The Hall–Kier alpha value is -2.04. The van der Waals surface area contributed by atoms with Gasteiger partial charge in [-0.15, -0.1) is 0 Å². The number of aryl methyl sites for hydroxylation is 1. The molecule has 0 unspecified atom stereocenters. The Labute approximate surface area is 105 Å². The summed E-state index contributed by atoms with van der Waals surface area (Å²) in [6, 6.07) is 7.58. The van der Waals surface area contributed by atoms with Crippen LogP contribution in [0, 0.1) is 0 Å². The summed E-state index contributed by atoms with van der Waals surface area (Å²) in [4.78, 5) is 25.1. The predicted octanol–water partition coefficient (Wildman–Crippen LogP) is 1.24. The lowest BCUT2D eigenvalue weighted by atomic mass is 10.0. The fourth-order valence-corrected chi connectivity index (χ4v) is 1.95. The van der Waals surface area contributed by atoms with E-state index in [1.807, 2.05) is 38.1 Å². The Morgan fingerprint density at radius 3 is 2.83 bits per heavy atom. The Balaban J connectivity index is 2.24. The van der Waals surface area contributed by atoms with Gasteiger partial charge in [-0.3, -0.25) is 9.36 Å². The molecule has 0 aliphatic carbocycles. The second-order valence-electron chi connectivity index (χ2n) is 5.00. The molecule has 0 saturated carbocycles. The maximum atomic E-state index is 11.8. The molecule has 96 valence electrons. The summed E-state index contributed by atoms with van der Waals surface area (Å²) >= 11 is 0. The van der Waals surface area contributed by atoms with Gasteiger partial charge in [-0.05, 0) is 32.4 Å². The van der Waals surface area contributed by atoms with Crippen molar-refractivity contribution in [3.8, 4) is 0 Å². The van der Waals surface area contributed by atoms with E-state index in [1.54, 1.807) is 4.57 Å². The van der Waals surface area contributed by atoms with Crippen LogP contribution in [-0.4, -0.2) is 21.5 Å². The minimum atomic E-state index is -0.320. The first-order valence-corrected chi connectivity index (χ1v) is 5.92. The van der Waals surface area contributed by atoms with Crippen LogP contribution < -0.4 is 11.0 Å². The highest BCUT2D eigenvalue weighted by Crippen LogP contribution is 2.13. The maximum Gasteiger partial charge on any atom is 0.326 e. The zero-order valence-corrected chi connectivity index (χ0v) is 10.6. The molecule has 2 aromatic rings. The molecule has 0 spiro atoms. The molecule has 18 heavy (non-hydrogen) atoms. The Morgan fingerprint density at radius 2 is 2.11 bits per heavy atom. The van der Waals surface area contributed by atoms with Crippen LogP contribution in [0.4, 0.5) is 0 Å². The van der Waals surface area contributed by atoms with E-state index in [1.165, 1.54) is 0 Å². The SMILES string of the molecule is CC(C)(CCn1c(=O)[nH]c2ccccc21)NC=O. The highest BCUT2D eigenvalue weighted by atomic mass is 16.1. The van der Waals surface area contributed by atoms with Gasteiger partial charge in [-0.25, -0.2) is 4.79 Å². The number of aromatic nitrogens is 2. The van der Waals surface area contributed by atoms with Crippen LogP contribution in [-0.2, 0) is 11.3 Å². The molecule has 1 heterocycles. The summed E-state index contributed by atoms with van der Waals surface area (Å²) in [6.07, 6.45) is 1.38. The highest BCUT2D eigenvalue weighted by molar-refractivity contribution is 5.74. The fourth-order valence-electron chi connectivity index (χ4n) is 1.95. The molecule has 0 aliphatic rings. The van der Waals surface area contributed by atoms with Gasteiger partial charge in [0.1, 0.15) is 0 Å². The standard InChI is InChI=1S/C13H17N3O2/c1-13(2,14-9-17)7-8-16-11-6-4-3-5-10(11)15-12(16)18/h3-6,9H,7-8H2,1-2H3,(H,14,17)(H,15,18). The second-order valence-corrected chi connectivity index (χ2v) is 5.00. The molecule has 5 heteroatoms. The number of rotatable bonds is 5. The van der Waals surface area contributed by atoms with Crippen LogP contribution in [0.3, 0.4) is 0 Å². The van der Waals surface area contributed by atoms with Crippen LogP contribution in [0.5, 0.6) is 0 Å². The molecule has 2 N–H and O–H groups in total. The molecule has 2 rings (SSSR count). The third-order valence-corrected chi connectivity index (χ3v) is 3.09. The Kier molecular flexibility index (Phi) is 3.23. The lowest BCUT2D eigenvalue weighted by Gasteiger charge is -2.23. The van der Waals surface area contributed by atoms with Crippen LogP contribution in [0.2, 0.25) is 0 Å². The average Bonchev–Trinajstić information content (AvgIpc) is 2.62. The molecule has 0 aliphatic heterocycles. The summed E-state index contributed by atoms with van der Waals surface area (Å²) in [5.41, 5.74) is 1.30. The van der Waals surface area contributed by atoms with Gasteiger partial charge in [0.25, 0.3) is 0 Å². The molecule has 0 radical (unpaired) electrons. The van der Waals surface area contributed by atoms with Crippen molar-refractivity contribution in [1.29, 1.82) is 0 Å². The molecule has 1 amide bonds. The number of nitrogens with zero attached hydrogens (tertiary/aromatic N) is 1. The fraction of sp³-hybridized carbons (Fsp3) is 0.385. The Morgan fingerprint density at radius 1 is 1.39 bits per heavy atom. The first-order chi connectivity index (χ1) is 8.53. The first kappa shape index (κ1) is 12.4. The van der Waals surface area contributed by atoms with Crippen molar-refractivity contribution in [1.82, 2.24) is 14.9 Å². The van der Waals surface area contributed by atoms with Crippen LogP contribution in [0.15, 0.2) is 29.1 Å². The van der Waals surface area contributed by atoms with Crippen molar-refractivity contribution in [2.45, 2.75) is 32.4 Å². The lowest BCUT2D eigenvalue weighted by Crippen LogP contribution is -2.39. The quantitative estimate of drug-likeness (QED) is 0.781. The van der Waals surface area contributed by atoms with Gasteiger partial charge in [0.15, 0.2) is 0 Å². The topological polar surface area (TPSA) is 66.9 Å². The number of para-hydroxylation sites is 2. The zero-order valence-electron chi connectivity index (χ0n) is 10.6. The van der Waals surface area contributed by atoms with Gasteiger partial charge in [-0.2, -0.15) is 0 Å². The largest absolute Gasteiger partial charge is 0.354 e. The summed E-state index contributed by atoms with van der Waals surface area (Å²) in [6.45, 7) is 4.43. The van der Waals surface area contributed by atoms with Gasteiger partial charge < -0.3 is 10.3 Å². The summed E-state index contributed by atoms with van der Waals surface area (Å²) in [5.74, 6) is 0. The van der Waals surface area contributed by atoms with Crippen molar-refractivity contribution in [2.75, 3.05) is 0 Å². The molecule has 5 nitrogen and oxygen atoms in total. The van der Waals surface area contributed by atoms with E-state index >= 15 is 0 Å². The number of nitrogens with one attached hydrogen (secondary N) is 2. The average molecular weight is 247 g/mol. The smallest absolute Gasteiger partial charge is 0.326 e. The highest BCUT2D eigenvalue weighted by Gasteiger charge is 2.17. The van der Waals surface area contributed by atoms with Gasteiger partial charge in [-0.1, -0.05) is 12.1 Å². The number of aromatic amines is 1. The van der Waals surface area contributed by atoms with Gasteiger partial charge >= 0.3 is 5.69 Å². The van der Waals surface area contributed by atoms with Crippen molar-refractivity contribution in [2.24, 2.45) is 0 Å². The number of benzene rings is 1. The minimum Gasteiger partial charge on any atom is -0.354 e. The number of fused-ring (bicyclic) bond motifs is 1. The van der Waals surface area contributed by atoms with Crippen LogP contribution in [0.1, 0.15) is 20.3 Å². The van der Waals surface area contributed by atoms with Gasteiger partial charge in [0.2, 0.25) is 6.41 Å². The van der Waals surface area contributed by atoms with Crippen molar-refractivity contribution < 1.29 is 4.79 Å². The molecule has 1 aromatic carbocycles. The third kappa shape index (κ3) is 2.45. The number of imidazole rings is 1. The van der Waals surface area contributed by atoms with Gasteiger partial charge in [0.05, 0.1) is 11.0 Å². The second kappa shape index (κ2) is 4.68. The number of amides is 1. The summed E-state index contributed by atoms with van der Waals surface area (Å²) < 4.78 is 1.70. The molecule has 0 fully saturated rings. The summed E-state index contributed by atoms with van der Waals surface area (Å²) in [5, 5.41) is 2.75. The first-order valence-electron chi connectivity index (χ1n) is 5.92. The van der Waals surface area contributed by atoms with Crippen molar-refractivity contribution >= 4 is 17.4 Å². The number of carbonyl (C=O) groups excluding carboxylic acids is 1. The van der Waals surface area contributed by atoms with Crippen LogP contribution >= 0.6 is 0 Å². The summed E-state index contributed by atoms with van der Waals surface area (Å²) in [7, 11) is 0. The number of hydrogen-bond donors (Lipinski definition) is 2. The van der Waals surface area contributed by atoms with Crippen molar-refractivity contribution in [3.63, 3.8) is 0 Å². The van der Waals surface area contributed by atoms with Gasteiger partial charge in [0, 0.05) is 12.1 Å². The molecular weight excluding hydrogens is 230 g/mol. The Bertz CT molecular complexity index is 610. The van der Waals surface area contributed by atoms with E-state index in [0.717, 1.165) is 11.0 Å².